The van der Waals surface area contributed by atoms with Crippen LogP contribution in [0.1, 0.15) is 120 Å². The molecule has 10 unspecified atom stereocenters. The lowest BCUT2D eigenvalue weighted by Gasteiger charge is -2.58. The van der Waals surface area contributed by atoms with Gasteiger partial charge in [0.25, 0.3) is 0 Å². The van der Waals surface area contributed by atoms with Crippen LogP contribution in [0.4, 0.5) is 0 Å². The van der Waals surface area contributed by atoms with E-state index in [1.54, 1.807) is 0 Å². The number of rotatable bonds is 7. The Morgan fingerprint density at radius 2 is 1.47 bits per heavy atom. The van der Waals surface area contributed by atoms with Crippen molar-refractivity contribution in [2.45, 2.75) is 126 Å². The zero-order chi connectivity index (χ0) is 22.3. The number of aliphatic hydroxyl groups is 1. The van der Waals surface area contributed by atoms with Gasteiger partial charge in [-0.3, -0.25) is 0 Å². The van der Waals surface area contributed by atoms with Crippen molar-refractivity contribution in [3.05, 3.63) is 0 Å². The molecule has 0 amide bonds. The molecule has 1 N–H and O–H groups in total. The van der Waals surface area contributed by atoms with Gasteiger partial charge in [-0.15, -0.1) is 0 Å². The predicted octanol–water partition coefficient (Wildman–Crippen LogP) is 8.35. The maximum Gasteiger partial charge on any atom is 0.0568 e. The molecule has 3 aliphatic rings. The summed E-state index contributed by atoms with van der Waals surface area (Å²) in [5, 5.41) is 10.6. The highest BCUT2D eigenvalue weighted by Crippen LogP contribution is 2.65. The first kappa shape index (κ1) is 24.6. The minimum absolute atomic E-state index is 0.0743. The molecule has 176 valence electrons. The van der Waals surface area contributed by atoms with Gasteiger partial charge in [-0.1, -0.05) is 81.1 Å². The summed E-state index contributed by atoms with van der Waals surface area (Å²) in [5.41, 5.74) is 1.00. The van der Waals surface area contributed by atoms with Crippen LogP contribution in [0.3, 0.4) is 0 Å². The summed E-state index contributed by atoms with van der Waals surface area (Å²) in [5.74, 6) is 6.46. The van der Waals surface area contributed by atoms with Gasteiger partial charge in [-0.25, -0.2) is 0 Å². The fourth-order valence-corrected chi connectivity index (χ4v) is 9.53. The highest BCUT2D eigenvalue weighted by molar-refractivity contribution is 5.07. The van der Waals surface area contributed by atoms with Crippen molar-refractivity contribution >= 4 is 0 Å². The molecule has 1 nitrogen and oxygen atoms in total. The van der Waals surface area contributed by atoms with E-state index >= 15 is 0 Å². The van der Waals surface area contributed by atoms with Crippen LogP contribution in [0.5, 0.6) is 0 Å². The Bertz CT molecular complexity index is 555. The van der Waals surface area contributed by atoms with Gasteiger partial charge < -0.3 is 5.11 Å². The van der Waals surface area contributed by atoms with Crippen molar-refractivity contribution in [2.24, 2.45) is 58.2 Å². The summed E-state index contributed by atoms with van der Waals surface area (Å²) in [4.78, 5) is 0. The smallest absolute Gasteiger partial charge is 0.0568 e. The van der Waals surface area contributed by atoms with Gasteiger partial charge in [0, 0.05) is 0 Å². The highest BCUT2D eigenvalue weighted by Gasteiger charge is 2.58. The predicted molar refractivity (Wildman–Crippen MR) is 130 cm³/mol. The molecule has 3 aliphatic carbocycles. The van der Waals surface area contributed by atoms with E-state index in [9.17, 15) is 5.11 Å². The summed E-state index contributed by atoms with van der Waals surface area (Å²) in [7, 11) is 0. The van der Waals surface area contributed by atoms with Crippen LogP contribution >= 0.6 is 0 Å². The second-order valence-electron chi connectivity index (χ2n) is 13.1. The fraction of sp³-hybridized carbons (Fsp3) is 1.00. The molecular weight excluding hydrogens is 364 g/mol. The maximum absolute atomic E-state index is 10.6. The van der Waals surface area contributed by atoms with E-state index in [1.165, 1.54) is 57.8 Å². The van der Waals surface area contributed by atoms with E-state index in [-0.39, 0.29) is 6.10 Å². The lowest BCUT2D eigenvalue weighted by Crippen LogP contribution is -2.52. The molecule has 0 aliphatic heterocycles. The van der Waals surface area contributed by atoms with Gasteiger partial charge in [0.15, 0.2) is 0 Å². The second-order valence-corrected chi connectivity index (χ2v) is 13.1. The normalized spacial score (nSPS) is 48.0. The summed E-state index contributed by atoms with van der Waals surface area (Å²) < 4.78 is 0. The Morgan fingerprint density at radius 3 is 2.10 bits per heavy atom. The summed E-state index contributed by atoms with van der Waals surface area (Å²) in [6.45, 7) is 20.0. The van der Waals surface area contributed by atoms with Crippen LogP contribution in [0.15, 0.2) is 0 Å². The molecule has 3 rings (SSSR count). The third-order valence-corrected chi connectivity index (χ3v) is 11.2. The van der Waals surface area contributed by atoms with E-state index in [0.29, 0.717) is 22.7 Å². The molecule has 0 heterocycles. The lowest BCUT2D eigenvalue weighted by molar-refractivity contribution is -0.114. The molecule has 3 saturated carbocycles. The molecule has 3 fully saturated rings. The first-order valence-corrected chi connectivity index (χ1v) is 13.7. The number of hydrogen-bond donors (Lipinski definition) is 1. The monoisotopic (exact) mass is 418 g/mol. The second kappa shape index (κ2) is 9.44. The first-order valence-electron chi connectivity index (χ1n) is 13.7. The summed E-state index contributed by atoms with van der Waals surface area (Å²) in [6.07, 6.45) is 13.5. The lowest BCUT2D eigenvalue weighted by atomic mass is 9.47. The molecule has 0 aromatic heterocycles. The van der Waals surface area contributed by atoms with Crippen LogP contribution in [-0.4, -0.2) is 11.2 Å². The Kier molecular flexibility index (Phi) is 7.74. The van der Waals surface area contributed by atoms with Crippen molar-refractivity contribution in [1.29, 1.82) is 0 Å². The van der Waals surface area contributed by atoms with E-state index in [4.69, 9.17) is 0 Å². The molecule has 0 radical (unpaired) electrons. The molecule has 0 bridgehead atoms. The SMILES string of the molecule is CCC1C(C)C(O)CCC1(C)C1CCC2(C)C(C(C)CCCC(C)C)CCC2C1C. The highest BCUT2D eigenvalue weighted by atomic mass is 16.3. The van der Waals surface area contributed by atoms with Crippen molar-refractivity contribution in [3.63, 3.8) is 0 Å². The molecule has 10 atom stereocenters. The zero-order valence-corrected chi connectivity index (χ0v) is 21.7. The average Bonchev–Trinajstić information content (AvgIpc) is 3.03. The van der Waals surface area contributed by atoms with Crippen molar-refractivity contribution in [3.8, 4) is 0 Å². The Labute approximate surface area is 189 Å². The topological polar surface area (TPSA) is 20.2 Å². The van der Waals surface area contributed by atoms with E-state index < -0.39 is 0 Å². The summed E-state index contributed by atoms with van der Waals surface area (Å²) >= 11 is 0. The van der Waals surface area contributed by atoms with Gasteiger partial charge in [-0.05, 0) is 96.7 Å². The van der Waals surface area contributed by atoms with Gasteiger partial charge in [-0.2, -0.15) is 0 Å². The zero-order valence-electron chi connectivity index (χ0n) is 21.7. The largest absolute Gasteiger partial charge is 0.393 e. The van der Waals surface area contributed by atoms with Crippen molar-refractivity contribution in [2.75, 3.05) is 0 Å². The molecule has 0 aromatic carbocycles. The van der Waals surface area contributed by atoms with E-state index in [2.05, 4.69) is 55.4 Å². The number of aliphatic hydroxyl groups excluding tert-OH is 1. The number of fused-ring (bicyclic) bond motifs is 1. The molecular formula is C29H54O. The molecule has 1 heteroatoms. The Morgan fingerprint density at radius 1 is 0.833 bits per heavy atom. The van der Waals surface area contributed by atoms with E-state index in [0.717, 1.165) is 41.9 Å². The van der Waals surface area contributed by atoms with Crippen LogP contribution in [0, 0.1) is 58.2 Å². The molecule has 0 spiro atoms. The van der Waals surface area contributed by atoms with Gasteiger partial charge in [0.05, 0.1) is 6.10 Å². The van der Waals surface area contributed by atoms with Crippen LogP contribution < -0.4 is 0 Å². The Hall–Kier alpha value is -0.0400. The Balaban J connectivity index is 1.73. The molecule has 30 heavy (non-hydrogen) atoms. The molecule has 0 aromatic rings. The third-order valence-electron chi connectivity index (χ3n) is 11.2. The number of hydrogen-bond acceptors (Lipinski definition) is 1. The molecule has 0 saturated heterocycles. The van der Waals surface area contributed by atoms with Crippen molar-refractivity contribution in [1.82, 2.24) is 0 Å². The average molecular weight is 419 g/mol. The van der Waals surface area contributed by atoms with E-state index in [1.807, 2.05) is 0 Å². The minimum Gasteiger partial charge on any atom is -0.393 e. The van der Waals surface area contributed by atoms with Crippen molar-refractivity contribution < 1.29 is 5.11 Å². The fourth-order valence-electron chi connectivity index (χ4n) is 9.53. The van der Waals surface area contributed by atoms with Crippen LogP contribution in [0.25, 0.3) is 0 Å². The minimum atomic E-state index is -0.0743. The standard InChI is InChI=1S/C29H54O/c1-9-23-22(6)27(30)16-18-28(23,7)26-15-17-29(8)24(13-14-25(29)21(26)5)20(4)12-10-11-19(2)3/h19-27,30H,9-18H2,1-8H3. The van der Waals surface area contributed by atoms with Gasteiger partial charge >= 0.3 is 0 Å². The van der Waals surface area contributed by atoms with Gasteiger partial charge in [0.2, 0.25) is 0 Å². The van der Waals surface area contributed by atoms with Gasteiger partial charge in [0.1, 0.15) is 0 Å². The third kappa shape index (κ3) is 4.27. The van der Waals surface area contributed by atoms with Crippen LogP contribution in [-0.2, 0) is 0 Å². The quantitative estimate of drug-likeness (QED) is 0.440. The van der Waals surface area contributed by atoms with Crippen LogP contribution in [0.2, 0.25) is 0 Å². The first-order chi connectivity index (χ1) is 14.1. The maximum atomic E-state index is 10.6. The summed E-state index contributed by atoms with van der Waals surface area (Å²) in [6, 6.07) is 0.